The van der Waals surface area contributed by atoms with E-state index in [4.69, 9.17) is 14.2 Å². The van der Waals surface area contributed by atoms with Crippen molar-refractivity contribution < 1.29 is 19.0 Å². The standard InChI is InChI=1S/C27H33N5O4S/c1-18-10-12-19(13-11-18)26-30-31-27(32(26)21-8-6-5-7-9-21)37-17-23(33)29-28-16-20-14-15-22(34-2)25(36-4)24(20)35-3/h10-16,21H,5-9,17H2,1-4H3,(H,29,33)/b28-16+. The molecule has 1 saturated carbocycles. The largest absolute Gasteiger partial charge is 0.493 e. The third-order valence-electron chi connectivity index (χ3n) is 6.37. The molecule has 1 amide bonds. The van der Waals surface area contributed by atoms with Crippen LogP contribution in [0.2, 0.25) is 0 Å². The minimum Gasteiger partial charge on any atom is -0.493 e. The van der Waals surface area contributed by atoms with Gasteiger partial charge >= 0.3 is 0 Å². The minimum atomic E-state index is -0.240. The van der Waals surface area contributed by atoms with Gasteiger partial charge in [-0.2, -0.15) is 5.10 Å². The van der Waals surface area contributed by atoms with Crippen LogP contribution in [0.15, 0.2) is 46.7 Å². The fraction of sp³-hybridized carbons (Fsp3) is 0.407. The summed E-state index contributed by atoms with van der Waals surface area (Å²) >= 11 is 1.37. The second-order valence-corrected chi connectivity index (χ2v) is 9.78. The van der Waals surface area contributed by atoms with Gasteiger partial charge in [-0.1, -0.05) is 60.9 Å². The van der Waals surface area contributed by atoms with Gasteiger partial charge in [-0.15, -0.1) is 10.2 Å². The van der Waals surface area contributed by atoms with Crippen molar-refractivity contribution in [2.24, 2.45) is 5.10 Å². The van der Waals surface area contributed by atoms with Crippen LogP contribution in [-0.4, -0.2) is 54.0 Å². The van der Waals surface area contributed by atoms with Crippen molar-refractivity contribution in [2.75, 3.05) is 27.1 Å². The summed E-state index contributed by atoms with van der Waals surface area (Å²) in [4.78, 5) is 12.6. The molecule has 1 heterocycles. The van der Waals surface area contributed by atoms with Gasteiger partial charge in [-0.3, -0.25) is 9.36 Å². The fourth-order valence-corrected chi connectivity index (χ4v) is 5.30. The molecule has 0 unspecified atom stereocenters. The summed E-state index contributed by atoms with van der Waals surface area (Å²) in [6, 6.07) is 12.2. The number of thioether (sulfide) groups is 1. The molecular formula is C27H33N5O4S. The first-order valence-corrected chi connectivity index (χ1v) is 13.3. The van der Waals surface area contributed by atoms with E-state index in [1.54, 1.807) is 19.2 Å². The third-order valence-corrected chi connectivity index (χ3v) is 7.32. The second kappa shape index (κ2) is 12.6. The summed E-state index contributed by atoms with van der Waals surface area (Å²) in [6.45, 7) is 2.07. The first-order valence-electron chi connectivity index (χ1n) is 12.3. The maximum absolute atomic E-state index is 12.6. The number of carbonyl (C=O) groups is 1. The van der Waals surface area contributed by atoms with Crippen LogP contribution in [0.4, 0.5) is 0 Å². The molecule has 0 saturated heterocycles. The smallest absolute Gasteiger partial charge is 0.250 e. The van der Waals surface area contributed by atoms with Crippen LogP contribution in [0.3, 0.4) is 0 Å². The van der Waals surface area contributed by atoms with Gasteiger partial charge in [-0.25, -0.2) is 5.43 Å². The maximum Gasteiger partial charge on any atom is 0.250 e. The Morgan fingerprint density at radius 2 is 1.76 bits per heavy atom. The highest BCUT2D eigenvalue weighted by Gasteiger charge is 2.24. The predicted octanol–water partition coefficient (Wildman–Crippen LogP) is 5.03. The number of carbonyl (C=O) groups excluding carboxylic acids is 1. The first kappa shape index (κ1) is 26.5. The lowest BCUT2D eigenvalue weighted by Crippen LogP contribution is -2.21. The topological polar surface area (TPSA) is 99.9 Å². The molecule has 10 heteroatoms. The average Bonchev–Trinajstić information content (AvgIpc) is 3.36. The van der Waals surface area contributed by atoms with Crippen LogP contribution in [-0.2, 0) is 4.79 Å². The molecule has 3 aromatic rings. The van der Waals surface area contributed by atoms with Gasteiger partial charge < -0.3 is 14.2 Å². The molecular weight excluding hydrogens is 490 g/mol. The van der Waals surface area contributed by atoms with E-state index in [-0.39, 0.29) is 11.7 Å². The monoisotopic (exact) mass is 523 g/mol. The van der Waals surface area contributed by atoms with Gasteiger partial charge in [0, 0.05) is 17.2 Å². The number of methoxy groups -OCH3 is 3. The summed E-state index contributed by atoms with van der Waals surface area (Å²) in [5, 5.41) is 13.8. The predicted molar refractivity (Wildman–Crippen MR) is 145 cm³/mol. The van der Waals surface area contributed by atoms with Gasteiger partial charge in [0.25, 0.3) is 5.91 Å². The summed E-state index contributed by atoms with van der Waals surface area (Å²) in [7, 11) is 4.63. The van der Waals surface area contributed by atoms with Crippen molar-refractivity contribution in [3.05, 3.63) is 47.5 Å². The Morgan fingerprint density at radius 1 is 1.03 bits per heavy atom. The molecule has 0 aliphatic heterocycles. The van der Waals surface area contributed by atoms with E-state index in [9.17, 15) is 4.79 Å². The van der Waals surface area contributed by atoms with Gasteiger partial charge in [-0.05, 0) is 31.9 Å². The number of rotatable bonds is 10. The SMILES string of the molecule is COc1ccc(/C=N/NC(=O)CSc2nnc(-c3ccc(C)cc3)n2C2CCCCC2)c(OC)c1OC. The van der Waals surface area contributed by atoms with Crippen LogP contribution >= 0.6 is 11.8 Å². The van der Waals surface area contributed by atoms with E-state index in [1.807, 2.05) is 0 Å². The van der Waals surface area contributed by atoms with Crippen LogP contribution < -0.4 is 19.6 Å². The van der Waals surface area contributed by atoms with Gasteiger partial charge in [0.2, 0.25) is 5.75 Å². The molecule has 196 valence electrons. The lowest BCUT2D eigenvalue weighted by Gasteiger charge is -2.25. The molecule has 1 aliphatic rings. The van der Waals surface area contributed by atoms with E-state index in [2.05, 4.69) is 56.5 Å². The highest BCUT2D eigenvalue weighted by Crippen LogP contribution is 2.39. The first-order chi connectivity index (χ1) is 18.0. The molecule has 0 radical (unpaired) electrons. The molecule has 1 N–H and O–H groups in total. The number of benzene rings is 2. The lowest BCUT2D eigenvalue weighted by molar-refractivity contribution is -0.118. The Labute approximate surface area is 221 Å². The minimum absolute atomic E-state index is 0.166. The van der Waals surface area contributed by atoms with Crippen LogP contribution in [0.1, 0.15) is 49.3 Å². The van der Waals surface area contributed by atoms with Gasteiger partial charge in [0.15, 0.2) is 22.5 Å². The van der Waals surface area contributed by atoms with Crippen molar-refractivity contribution in [3.63, 3.8) is 0 Å². The number of hydrogen-bond acceptors (Lipinski definition) is 8. The zero-order chi connectivity index (χ0) is 26.2. The number of aromatic nitrogens is 3. The number of hydrazone groups is 1. The number of ether oxygens (including phenoxy) is 3. The molecule has 2 aromatic carbocycles. The number of hydrogen-bond donors (Lipinski definition) is 1. The van der Waals surface area contributed by atoms with E-state index in [0.29, 0.717) is 28.9 Å². The Morgan fingerprint density at radius 3 is 2.43 bits per heavy atom. The fourth-order valence-electron chi connectivity index (χ4n) is 4.51. The Kier molecular flexibility index (Phi) is 9.05. The lowest BCUT2D eigenvalue weighted by atomic mass is 9.95. The van der Waals surface area contributed by atoms with Crippen molar-refractivity contribution in [1.29, 1.82) is 0 Å². The van der Waals surface area contributed by atoms with Crippen molar-refractivity contribution >= 4 is 23.9 Å². The molecule has 1 aliphatic carbocycles. The number of aryl methyl sites for hydroxylation is 1. The normalized spacial score (nSPS) is 14.1. The van der Waals surface area contributed by atoms with E-state index in [0.717, 1.165) is 29.4 Å². The summed E-state index contributed by atoms with van der Waals surface area (Å²) in [5.41, 5.74) is 5.47. The second-order valence-electron chi connectivity index (χ2n) is 8.84. The summed E-state index contributed by atoms with van der Waals surface area (Å²) < 4.78 is 18.4. The highest BCUT2D eigenvalue weighted by molar-refractivity contribution is 7.99. The van der Waals surface area contributed by atoms with Crippen LogP contribution in [0.5, 0.6) is 17.2 Å². The molecule has 0 spiro atoms. The molecule has 4 rings (SSSR count). The Hall–Kier alpha value is -3.53. The van der Waals surface area contributed by atoms with E-state index < -0.39 is 0 Å². The van der Waals surface area contributed by atoms with Crippen molar-refractivity contribution in [1.82, 2.24) is 20.2 Å². The molecule has 0 bridgehead atoms. The van der Waals surface area contributed by atoms with Crippen molar-refractivity contribution in [2.45, 2.75) is 50.2 Å². The number of nitrogens with one attached hydrogen (secondary N) is 1. The third kappa shape index (κ3) is 6.25. The molecule has 37 heavy (non-hydrogen) atoms. The highest BCUT2D eigenvalue weighted by atomic mass is 32.2. The molecule has 1 aromatic heterocycles. The summed E-state index contributed by atoms with van der Waals surface area (Å²) in [6.07, 6.45) is 7.34. The maximum atomic E-state index is 12.6. The van der Waals surface area contributed by atoms with Crippen LogP contribution in [0.25, 0.3) is 11.4 Å². The van der Waals surface area contributed by atoms with Gasteiger partial charge in [0.1, 0.15) is 0 Å². The zero-order valence-electron chi connectivity index (χ0n) is 21.7. The van der Waals surface area contributed by atoms with Gasteiger partial charge in [0.05, 0.1) is 33.3 Å². The van der Waals surface area contributed by atoms with E-state index in [1.165, 1.54) is 57.0 Å². The molecule has 1 fully saturated rings. The van der Waals surface area contributed by atoms with Crippen molar-refractivity contribution in [3.8, 4) is 28.6 Å². The number of amides is 1. The zero-order valence-corrected chi connectivity index (χ0v) is 22.5. The Bertz CT molecular complexity index is 1240. The van der Waals surface area contributed by atoms with Crippen LogP contribution in [0, 0.1) is 6.92 Å². The Balaban J connectivity index is 1.45. The number of nitrogens with zero attached hydrogens (tertiary/aromatic N) is 4. The van der Waals surface area contributed by atoms with E-state index >= 15 is 0 Å². The quantitative estimate of drug-likeness (QED) is 0.226. The molecule has 9 nitrogen and oxygen atoms in total. The molecule has 0 atom stereocenters. The average molecular weight is 524 g/mol. The summed E-state index contributed by atoms with van der Waals surface area (Å²) in [5.74, 6) is 2.26.